The van der Waals surface area contributed by atoms with E-state index in [0.717, 1.165) is 24.7 Å². The monoisotopic (exact) mass is 380 g/mol. The van der Waals surface area contributed by atoms with Crippen LogP contribution in [0.3, 0.4) is 0 Å². The number of likely N-dealkylation sites (tertiary alicyclic amines) is 1. The van der Waals surface area contributed by atoms with Gasteiger partial charge in [0, 0.05) is 30.1 Å². The molecule has 1 unspecified atom stereocenters. The molecule has 3 atom stereocenters. The van der Waals surface area contributed by atoms with Gasteiger partial charge in [0.1, 0.15) is 0 Å². The van der Waals surface area contributed by atoms with Crippen molar-refractivity contribution in [3.8, 4) is 0 Å². The summed E-state index contributed by atoms with van der Waals surface area (Å²) in [5, 5.41) is 1.19. The molecule has 4 rings (SSSR count). The van der Waals surface area contributed by atoms with E-state index in [1.165, 1.54) is 33.4 Å². The number of fused-ring (bicyclic) bond motifs is 2. The first-order chi connectivity index (χ1) is 11.9. The molecule has 0 spiro atoms. The van der Waals surface area contributed by atoms with Gasteiger partial charge in [0.05, 0.1) is 11.8 Å². The predicted octanol–water partition coefficient (Wildman–Crippen LogP) is 2.35. The molecule has 1 aliphatic carbocycles. The van der Waals surface area contributed by atoms with Crippen molar-refractivity contribution < 1.29 is 12.7 Å². The standard InChI is InChI=1S/C18H24N2O3S2/c1-19-9-12(11-24-2)7-15-14-5-4-6-16-18(14)13(8-17(15)19)10-20(16)23-25(3,21)22/h4-6,10,12,15,17H,7-9,11H2,1-3H3/t12?,15-,17-/m0/s1. The van der Waals surface area contributed by atoms with Crippen molar-refractivity contribution in [2.45, 2.75) is 24.8 Å². The van der Waals surface area contributed by atoms with Crippen LogP contribution in [-0.4, -0.2) is 55.9 Å². The van der Waals surface area contributed by atoms with Crippen LogP contribution in [0.5, 0.6) is 0 Å². The van der Waals surface area contributed by atoms with Gasteiger partial charge >= 0.3 is 10.1 Å². The van der Waals surface area contributed by atoms with E-state index in [2.05, 4.69) is 24.3 Å². The molecule has 5 nitrogen and oxygen atoms in total. The first kappa shape index (κ1) is 17.2. The van der Waals surface area contributed by atoms with E-state index < -0.39 is 10.1 Å². The minimum Gasteiger partial charge on any atom is -0.302 e. The van der Waals surface area contributed by atoms with Crippen molar-refractivity contribution >= 4 is 32.8 Å². The average Bonchev–Trinajstić information content (AvgIpc) is 2.86. The van der Waals surface area contributed by atoms with Crippen LogP contribution in [-0.2, 0) is 16.5 Å². The zero-order valence-corrected chi connectivity index (χ0v) is 16.4. The third kappa shape index (κ3) is 3.06. The summed E-state index contributed by atoms with van der Waals surface area (Å²) in [5.41, 5.74) is 3.38. The predicted molar refractivity (Wildman–Crippen MR) is 103 cm³/mol. The Balaban J connectivity index is 1.80. The van der Waals surface area contributed by atoms with Gasteiger partial charge < -0.3 is 4.90 Å². The minimum atomic E-state index is -3.56. The zero-order chi connectivity index (χ0) is 17.8. The zero-order valence-electron chi connectivity index (χ0n) is 14.8. The van der Waals surface area contributed by atoms with E-state index in [1.54, 1.807) is 0 Å². The Hall–Kier alpha value is -1.18. The number of thioether (sulfide) groups is 1. The maximum Gasteiger partial charge on any atom is 0.324 e. The van der Waals surface area contributed by atoms with Crippen LogP contribution in [0, 0.1) is 5.92 Å². The fourth-order valence-electron chi connectivity index (χ4n) is 4.69. The molecule has 1 aromatic carbocycles. The van der Waals surface area contributed by atoms with Crippen molar-refractivity contribution in [2.75, 3.05) is 31.9 Å². The topological polar surface area (TPSA) is 51.5 Å². The third-order valence-electron chi connectivity index (χ3n) is 5.52. The summed E-state index contributed by atoms with van der Waals surface area (Å²) in [5.74, 6) is 2.39. The molecule has 136 valence electrons. The Labute approximate surface area is 153 Å². The van der Waals surface area contributed by atoms with Crippen molar-refractivity contribution in [2.24, 2.45) is 5.92 Å². The molecule has 7 heteroatoms. The largest absolute Gasteiger partial charge is 0.324 e. The lowest BCUT2D eigenvalue weighted by Crippen LogP contribution is -2.48. The Kier molecular flexibility index (Phi) is 4.29. The summed E-state index contributed by atoms with van der Waals surface area (Å²) in [4.78, 5) is 2.49. The molecule has 2 aromatic rings. The summed E-state index contributed by atoms with van der Waals surface area (Å²) in [6, 6.07) is 6.65. The van der Waals surface area contributed by atoms with Gasteiger partial charge in [-0.15, -0.1) is 0 Å². The molecule has 2 heterocycles. The van der Waals surface area contributed by atoms with Crippen molar-refractivity contribution in [1.29, 1.82) is 0 Å². The highest BCUT2D eigenvalue weighted by molar-refractivity contribution is 7.98. The fraction of sp³-hybridized carbons (Fsp3) is 0.556. The van der Waals surface area contributed by atoms with Crippen molar-refractivity contribution in [1.82, 2.24) is 9.63 Å². The van der Waals surface area contributed by atoms with Gasteiger partial charge in [-0.2, -0.15) is 24.9 Å². The van der Waals surface area contributed by atoms with Gasteiger partial charge in [-0.25, -0.2) is 0 Å². The van der Waals surface area contributed by atoms with Crippen LogP contribution in [0.15, 0.2) is 24.4 Å². The number of nitrogens with zero attached hydrogens (tertiary/aromatic N) is 2. The van der Waals surface area contributed by atoms with Gasteiger partial charge in [-0.1, -0.05) is 12.1 Å². The summed E-state index contributed by atoms with van der Waals surface area (Å²) in [6.45, 7) is 1.13. The molecule has 0 amide bonds. The maximum atomic E-state index is 11.6. The lowest BCUT2D eigenvalue weighted by molar-refractivity contribution is 0.121. The van der Waals surface area contributed by atoms with E-state index in [1.807, 2.05) is 30.1 Å². The molecule has 1 fully saturated rings. The number of hydrogen-bond donors (Lipinski definition) is 0. The summed E-state index contributed by atoms with van der Waals surface area (Å²) in [6.07, 6.45) is 7.26. The van der Waals surface area contributed by atoms with Gasteiger partial charge in [0.2, 0.25) is 0 Å². The highest BCUT2D eigenvalue weighted by Gasteiger charge is 2.39. The van der Waals surface area contributed by atoms with Gasteiger partial charge in [-0.05, 0) is 55.0 Å². The molecular formula is C18H24N2O3S2. The molecule has 1 saturated heterocycles. The second-order valence-corrected chi connectivity index (χ2v) is 9.84. The van der Waals surface area contributed by atoms with Crippen LogP contribution in [0.25, 0.3) is 10.9 Å². The van der Waals surface area contributed by atoms with E-state index in [-0.39, 0.29) is 0 Å². The van der Waals surface area contributed by atoms with E-state index in [0.29, 0.717) is 17.9 Å². The quantitative estimate of drug-likeness (QED) is 0.815. The number of benzene rings is 1. The molecule has 0 N–H and O–H groups in total. The summed E-state index contributed by atoms with van der Waals surface area (Å²) < 4.78 is 29.8. The molecule has 1 aromatic heterocycles. The summed E-state index contributed by atoms with van der Waals surface area (Å²) in [7, 11) is -1.34. The molecule has 2 aliphatic rings. The van der Waals surface area contributed by atoms with Gasteiger partial charge in [-0.3, -0.25) is 4.28 Å². The van der Waals surface area contributed by atoms with Crippen LogP contribution in [0.2, 0.25) is 0 Å². The molecule has 0 saturated carbocycles. The smallest absolute Gasteiger partial charge is 0.302 e. The van der Waals surface area contributed by atoms with Crippen molar-refractivity contribution in [3.05, 3.63) is 35.5 Å². The second-order valence-electron chi connectivity index (χ2n) is 7.37. The van der Waals surface area contributed by atoms with Gasteiger partial charge in [0.25, 0.3) is 0 Å². The Morgan fingerprint density at radius 2 is 2.16 bits per heavy atom. The molecule has 1 aliphatic heterocycles. The molecule has 0 bridgehead atoms. The Morgan fingerprint density at radius 3 is 2.88 bits per heavy atom. The number of piperidine rings is 1. The average molecular weight is 381 g/mol. The third-order valence-corrected chi connectivity index (χ3v) is 6.75. The van der Waals surface area contributed by atoms with E-state index >= 15 is 0 Å². The van der Waals surface area contributed by atoms with Crippen LogP contribution in [0.4, 0.5) is 0 Å². The number of hydrogen-bond acceptors (Lipinski definition) is 5. The lowest BCUT2D eigenvalue weighted by Gasteiger charge is -2.45. The lowest BCUT2D eigenvalue weighted by atomic mass is 9.73. The first-order valence-electron chi connectivity index (χ1n) is 8.59. The Morgan fingerprint density at radius 1 is 1.36 bits per heavy atom. The van der Waals surface area contributed by atoms with E-state index in [4.69, 9.17) is 4.28 Å². The molecule has 0 radical (unpaired) electrons. The van der Waals surface area contributed by atoms with Crippen LogP contribution >= 0.6 is 11.8 Å². The SMILES string of the molecule is CSCC1C[C@H]2c3cccc4c3c(cn4OS(C)(=O)=O)C[C@@H]2N(C)C1. The maximum absolute atomic E-state index is 11.6. The van der Waals surface area contributed by atoms with Gasteiger partial charge in [0.15, 0.2) is 0 Å². The van der Waals surface area contributed by atoms with Crippen molar-refractivity contribution in [3.63, 3.8) is 0 Å². The Bertz CT molecular complexity index is 906. The number of aromatic nitrogens is 1. The normalized spacial score (nSPS) is 26.6. The van der Waals surface area contributed by atoms with Crippen LogP contribution < -0.4 is 4.28 Å². The minimum absolute atomic E-state index is 0.477. The number of rotatable bonds is 4. The fourth-order valence-corrected chi connectivity index (χ4v) is 5.82. The molecular weight excluding hydrogens is 356 g/mol. The van der Waals surface area contributed by atoms with Crippen LogP contribution in [0.1, 0.15) is 23.5 Å². The highest BCUT2D eigenvalue weighted by atomic mass is 32.2. The second kappa shape index (κ2) is 6.21. The molecule has 25 heavy (non-hydrogen) atoms. The number of likely N-dealkylation sites (N-methyl/N-ethyl adjacent to an activating group) is 1. The highest BCUT2D eigenvalue weighted by Crippen LogP contribution is 2.45. The first-order valence-corrected chi connectivity index (χ1v) is 11.8. The van der Waals surface area contributed by atoms with E-state index in [9.17, 15) is 8.42 Å². The summed E-state index contributed by atoms with van der Waals surface area (Å²) >= 11 is 1.92.